The van der Waals surface area contributed by atoms with Crippen LogP contribution in [0.15, 0.2) is 0 Å². The zero-order valence-electron chi connectivity index (χ0n) is 13.3. The summed E-state index contributed by atoms with van der Waals surface area (Å²) in [7, 11) is -0.595. The Morgan fingerprint density at radius 2 is 1.05 bits per heavy atom. The lowest BCUT2D eigenvalue weighted by Crippen LogP contribution is -2.52. The first-order chi connectivity index (χ1) is 9.73. The van der Waals surface area contributed by atoms with Crippen molar-refractivity contribution in [1.29, 1.82) is 0 Å². The van der Waals surface area contributed by atoms with Gasteiger partial charge in [0.1, 0.15) is 0 Å². The second-order valence-corrected chi connectivity index (χ2v) is 9.64. The molecule has 3 rings (SSSR count). The molecular formula is C17H32BOS-. The molecule has 116 valence electrons. The van der Waals surface area contributed by atoms with Crippen LogP contribution in [-0.2, 0) is 10.8 Å². The molecule has 3 aliphatic rings. The van der Waals surface area contributed by atoms with E-state index in [4.69, 9.17) is 0 Å². The molecule has 0 spiro atoms. The molecule has 0 aromatic rings. The summed E-state index contributed by atoms with van der Waals surface area (Å²) in [5.74, 6) is 2.89. The molecule has 20 heavy (non-hydrogen) atoms. The maximum absolute atomic E-state index is 12.3. The Bertz CT molecular complexity index is 298. The van der Waals surface area contributed by atoms with Gasteiger partial charge in [0.2, 0.25) is 0 Å². The van der Waals surface area contributed by atoms with E-state index in [2.05, 4.69) is 0 Å². The quantitative estimate of drug-likeness (QED) is 0.638. The molecule has 0 aromatic heterocycles. The summed E-state index contributed by atoms with van der Waals surface area (Å²) in [5.41, 5.74) is 1.08. The molecule has 0 amide bonds. The molecule has 3 fully saturated rings. The Morgan fingerprint density at radius 3 is 1.30 bits per heavy atom. The van der Waals surface area contributed by atoms with Crippen molar-refractivity contribution in [1.82, 2.24) is 0 Å². The van der Waals surface area contributed by atoms with Crippen LogP contribution >= 0.6 is 0 Å². The van der Waals surface area contributed by atoms with Crippen molar-refractivity contribution in [3.05, 3.63) is 0 Å². The maximum atomic E-state index is 12.3. The van der Waals surface area contributed by atoms with Gasteiger partial charge in [-0.15, -0.1) is 5.65 Å². The number of hydrogen-bond acceptors (Lipinski definition) is 1. The zero-order valence-corrected chi connectivity index (χ0v) is 14.1. The molecule has 0 N–H and O–H groups in total. The molecule has 3 saturated carbocycles. The topological polar surface area (TPSA) is 17.1 Å². The molecule has 3 heteroatoms. The van der Waals surface area contributed by atoms with Crippen LogP contribution in [0.5, 0.6) is 0 Å². The van der Waals surface area contributed by atoms with Crippen molar-refractivity contribution in [2.75, 3.05) is 11.9 Å². The summed E-state index contributed by atoms with van der Waals surface area (Å²) >= 11 is 0. The van der Waals surface area contributed by atoms with Gasteiger partial charge in [0, 0.05) is 12.4 Å². The lowest BCUT2D eigenvalue weighted by Gasteiger charge is -2.55. The molecule has 1 atom stereocenters. The van der Waals surface area contributed by atoms with Crippen molar-refractivity contribution in [3.8, 4) is 0 Å². The Kier molecular flexibility index (Phi) is 4.95. The maximum Gasteiger partial charge on any atom is 0.0232 e. The highest BCUT2D eigenvalue weighted by molar-refractivity contribution is 7.86. The summed E-state index contributed by atoms with van der Waals surface area (Å²) in [4.78, 5) is 0. The van der Waals surface area contributed by atoms with E-state index in [1.807, 2.05) is 6.26 Å². The third kappa shape index (κ3) is 2.76. The average Bonchev–Trinajstić information content (AvgIpc) is 3.15. The predicted octanol–water partition coefficient (Wildman–Crippen LogP) is 5.19. The van der Waals surface area contributed by atoms with Crippen molar-refractivity contribution < 1.29 is 4.21 Å². The third-order valence-corrected chi connectivity index (χ3v) is 8.40. The van der Waals surface area contributed by atoms with E-state index in [0.717, 1.165) is 23.1 Å². The van der Waals surface area contributed by atoms with Crippen LogP contribution in [0.2, 0.25) is 17.5 Å². The first kappa shape index (κ1) is 15.1. The fourth-order valence-electron chi connectivity index (χ4n) is 6.70. The highest BCUT2D eigenvalue weighted by Crippen LogP contribution is 2.58. The summed E-state index contributed by atoms with van der Waals surface area (Å²) in [5, 5.41) is 0. The molecule has 0 heterocycles. The average molecular weight is 295 g/mol. The van der Waals surface area contributed by atoms with E-state index in [1.165, 1.54) is 77.0 Å². The molecule has 0 radical (unpaired) electrons. The van der Waals surface area contributed by atoms with E-state index in [1.54, 1.807) is 0 Å². The molecule has 0 aromatic carbocycles. The van der Waals surface area contributed by atoms with Gasteiger partial charge in [-0.3, -0.25) is 4.21 Å². The van der Waals surface area contributed by atoms with Gasteiger partial charge in [0.05, 0.1) is 0 Å². The number of rotatable bonds is 5. The molecular weight excluding hydrogens is 263 g/mol. The van der Waals surface area contributed by atoms with Gasteiger partial charge in [0.15, 0.2) is 0 Å². The second-order valence-electron chi connectivity index (χ2n) is 8.16. The van der Waals surface area contributed by atoms with Gasteiger partial charge in [-0.05, 0) is 10.8 Å². The normalized spacial score (nSPS) is 28.4. The van der Waals surface area contributed by atoms with Crippen LogP contribution < -0.4 is 0 Å². The van der Waals surface area contributed by atoms with Crippen molar-refractivity contribution in [2.45, 2.75) is 94.5 Å². The highest BCUT2D eigenvalue weighted by atomic mass is 32.2. The van der Waals surface area contributed by atoms with Crippen LogP contribution in [-0.4, -0.2) is 22.3 Å². The Balaban J connectivity index is 1.93. The molecule has 0 aliphatic heterocycles. The third-order valence-electron chi connectivity index (χ3n) is 7.36. The summed E-state index contributed by atoms with van der Waals surface area (Å²) < 4.78 is 12.3. The van der Waals surface area contributed by atoms with Gasteiger partial charge >= 0.3 is 0 Å². The van der Waals surface area contributed by atoms with Crippen LogP contribution in [0.3, 0.4) is 0 Å². The van der Waals surface area contributed by atoms with Crippen LogP contribution in [0.1, 0.15) is 77.0 Å². The lowest BCUT2D eigenvalue weighted by atomic mass is 9.09. The minimum absolute atomic E-state index is 0.358. The molecule has 0 saturated heterocycles. The lowest BCUT2D eigenvalue weighted by molar-refractivity contribution is 0.667. The minimum Gasteiger partial charge on any atom is -0.263 e. The molecule has 0 bridgehead atoms. The first-order valence-electron chi connectivity index (χ1n) is 9.22. The van der Waals surface area contributed by atoms with Crippen molar-refractivity contribution >= 4 is 16.9 Å². The standard InChI is InChI=1S/C17H32BOS/c1-20(19)14-18(15-8-2-3-9-15,16-10-4-5-11-16)17-12-6-7-13-17/h15-17H,2-14H2,1H3/q-1. The van der Waals surface area contributed by atoms with E-state index in [-0.39, 0.29) is 6.15 Å². The van der Waals surface area contributed by atoms with E-state index >= 15 is 0 Å². The highest BCUT2D eigenvalue weighted by Gasteiger charge is 2.46. The van der Waals surface area contributed by atoms with Crippen LogP contribution in [0.25, 0.3) is 0 Å². The summed E-state index contributed by atoms with van der Waals surface area (Å²) in [6.45, 7) is 0. The van der Waals surface area contributed by atoms with Gasteiger partial charge in [-0.1, -0.05) is 77.0 Å². The first-order valence-corrected chi connectivity index (χ1v) is 10.9. The van der Waals surface area contributed by atoms with E-state index in [0.29, 0.717) is 0 Å². The van der Waals surface area contributed by atoms with Crippen molar-refractivity contribution in [3.63, 3.8) is 0 Å². The zero-order chi connectivity index (χ0) is 14.0. The SMILES string of the molecule is CS(=O)C[B-](C1CCCC1)(C1CCCC1)C1CCCC1. The Hall–Kier alpha value is 0.215. The predicted molar refractivity (Wildman–Crippen MR) is 91.3 cm³/mol. The van der Waals surface area contributed by atoms with Crippen LogP contribution in [0, 0.1) is 0 Å². The second kappa shape index (κ2) is 6.54. The van der Waals surface area contributed by atoms with E-state index < -0.39 is 10.8 Å². The minimum atomic E-state index is -0.595. The monoisotopic (exact) mass is 295 g/mol. The van der Waals surface area contributed by atoms with Crippen LogP contribution in [0.4, 0.5) is 0 Å². The Labute approximate surface area is 128 Å². The smallest absolute Gasteiger partial charge is 0.0232 e. The van der Waals surface area contributed by atoms with E-state index in [9.17, 15) is 4.21 Å². The fourth-order valence-corrected chi connectivity index (χ4v) is 8.33. The molecule has 3 aliphatic carbocycles. The Morgan fingerprint density at radius 1 is 0.750 bits per heavy atom. The largest absolute Gasteiger partial charge is 0.263 e. The fraction of sp³-hybridized carbons (Fsp3) is 1.00. The van der Waals surface area contributed by atoms with Gasteiger partial charge in [-0.25, -0.2) is 0 Å². The molecule has 1 unspecified atom stereocenters. The van der Waals surface area contributed by atoms with Gasteiger partial charge < -0.3 is 0 Å². The number of hydrogen-bond donors (Lipinski definition) is 0. The molecule has 1 nitrogen and oxygen atoms in total. The van der Waals surface area contributed by atoms with Gasteiger partial charge in [0.25, 0.3) is 0 Å². The summed E-state index contributed by atoms with van der Waals surface area (Å²) in [6, 6.07) is 0. The summed E-state index contributed by atoms with van der Waals surface area (Å²) in [6.07, 6.45) is 19.1. The van der Waals surface area contributed by atoms with Gasteiger partial charge in [-0.2, -0.15) is 17.5 Å². The van der Waals surface area contributed by atoms with Crippen molar-refractivity contribution in [2.24, 2.45) is 0 Å².